The first-order valence-corrected chi connectivity index (χ1v) is 12.8. The van der Waals surface area contributed by atoms with Crippen LogP contribution in [-0.4, -0.2) is 28.8 Å². The van der Waals surface area contributed by atoms with Crippen LogP contribution in [-0.2, 0) is 16.1 Å². The quantitative estimate of drug-likeness (QED) is 0.556. The number of carbonyl (C=O) groups is 1. The monoisotopic (exact) mass is 467 g/mol. The second-order valence-corrected chi connectivity index (χ2v) is 11.5. The van der Waals surface area contributed by atoms with Crippen molar-refractivity contribution in [3.8, 4) is 5.75 Å². The van der Waals surface area contributed by atoms with Crippen molar-refractivity contribution in [1.82, 2.24) is 4.98 Å². The molecule has 7 heteroatoms. The number of hydrogen-bond acceptors (Lipinski definition) is 6. The topological polar surface area (TPSA) is 83.8 Å². The molecule has 3 aliphatic rings. The number of aromatic nitrogens is 1. The normalized spacial score (nSPS) is 31.5. The van der Waals surface area contributed by atoms with Gasteiger partial charge in [-0.05, 0) is 92.4 Å². The minimum absolute atomic E-state index is 0.0269. The molecule has 5 unspecified atom stereocenters. The van der Waals surface area contributed by atoms with Crippen molar-refractivity contribution in [2.75, 3.05) is 12.4 Å². The van der Waals surface area contributed by atoms with Gasteiger partial charge in [-0.15, -0.1) is 11.3 Å². The average Bonchev–Trinajstić information content (AvgIpc) is 3.32. The van der Waals surface area contributed by atoms with Crippen LogP contribution >= 0.6 is 11.3 Å². The number of benzene rings is 1. The lowest BCUT2D eigenvalue weighted by molar-refractivity contribution is -0.116. The van der Waals surface area contributed by atoms with E-state index in [0.717, 1.165) is 43.4 Å². The number of phenolic OH excluding ortho intramolecular Hbond substituents is 1. The van der Waals surface area contributed by atoms with E-state index in [4.69, 9.17) is 4.84 Å². The van der Waals surface area contributed by atoms with Crippen LogP contribution in [0.4, 0.5) is 5.13 Å². The Morgan fingerprint density at radius 3 is 3.00 bits per heavy atom. The van der Waals surface area contributed by atoms with Crippen LogP contribution in [0.1, 0.15) is 67.4 Å². The summed E-state index contributed by atoms with van der Waals surface area (Å²) in [4.78, 5) is 23.3. The third-order valence-corrected chi connectivity index (χ3v) is 9.22. The van der Waals surface area contributed by atoms with E-state index in [1.807, 2.05) is 19.1 Å². The van der Waals surface area contributed by atoms with Crippen LogP contribution in [0.15, 0.2) is 29.6 Å². The molecule has 176 valence electrons. The summed E-state index contributed by atoms with van der Waals surface area (Å²) in [5.74, 6) is 2.40. The Labute approximate surface area is 199 Å². The molecule has 0 aliphatic heterocycles. The van der Waals surface area contributed by atoms with Gasteiger partial charge in [0, 0.05) is 22.9 Å². The van der Waals surface area contributed by atoms with Crippen molar-refractivity contribution >= 4 is 28.1 Å². The molecule has 3 aliphatic carbocycles. The van der Waals surface area contributed by atoms with E-state index in [-0.39, 0.29) is 11.3 Å². The van der Waals surface area contributed by atoms with E-state index in [9.17, 15) is 9.90 Å². The summed E-state index contributed by atoms with van der Waals surface area (Å²) in [6.45, 7) is 4.36. The van der Waals surface area contributed by atoms with Crippen molar-refractivity contribution in [3.05, 3.63) is 40.4 Å². The summed E-state index contributed by atoms with van der Waals surface area (Å²) in [5, 5.41) is 18.1. The Balaban J connectivity index is 1.37. The molecule has 5 rings (SSSR count). The maximum absolute atomic E-state index is 12.7. The molecule has 1 amide bonds. The van der Waals surface area contributed by atoms with Gasteiger partial charge in [0.25, 0.3) is 0 Å². The second kappa shape index (κ2) is 8.75. The molecule has 2 fully saturated rings. The summed E-state index contributed by atoms with van der Waals surface area (Å²) in [5.41, 5.74) is 3.92. The number of nitrogens with zero attached hydrogens (tertiary/aromatic N) is 2. The van der Waals surface area contributed by atoms with Crippen LogP contribution < -0.4 is 5.32 Å². The highest BCUT2D eigenvalue weighted by Crippen LogP contribution is 2.62. The van der Waals surface area contributed by atoms with Crippen LogP contribution in [0, 0.1) is 30.1 Å². The molecule has 33 heavy (non-hydrogen) atoms. The van der Waals surface area contributed by atoms with Crippen molar-refractivity contribution in [1.29, 1.82) is 0 Å². The van der Waals surface area contributed by atoms with E-state index >= 15 is 0 Å². The minimum Gasteiger partial charge on any atom is -0.508 e. The van der Waals surface area contributed by atoms with Gasteiger partial charge in [-0.2, -0.15) is 0 Å². The van der Waals surface area contributed by atoms with E-state index in [1.165, 1.54) is 28.2 Å². The van der Waals surface area contributed by atoms with Gasteiger partial charge < -0.3 is 15.3 Å². The molecule has 0 spiro atoms. The number of oxime groups is 1. The van der Waals surface area contributed by atoms with Crippen molar-refractivity contribution in [2.45, 2.75) is 64.7 Å². The van der Waals surface area contributed by atoms with Crippen LogP contribution in [0.2, 0.25) is 0 Å². The molecule has 0 bridgehead atoms. The number of fused-ring (bicyclic) bond motifs is 5. The van der Waals surface area contributed by atoms with Crippen LogP contribution in [0.5, 0.6) is 5.75 Å². The fourth-order valence-electron chi connectivity index (χ4n) is 7.08. The minimum atomic E-state index is 0.0269. The molecule has 0 radical (unpaired) electrons. The summed E-state index contributed by atoms with van der Waals surface area (Å²) < 4.78 is 0. The van der Waals surface area contributed by atoms with Gasteiger partial charge in [0.15, 0.2) is 5.13 Å². The number of aryl methyl sites for hydroxylation is 2. The Kier molecular flexibility index (Phi) is 5.93. The zero-order valence-corrected chi connectivity index (χ0v) is 20.5. The lowest BCUT2D eigenvalue weighted by Crippen LogP contribution is -2.44. The number of rotatable bonds is 5. The maximum Gasteiger partial charge on any atom is 0.226 e. The zero-order chi connectivity index (χ0) is 23.2. The first-order chi connectivity index (χ1) is 15.9. The van der Waals surface area contributed by atoms with Gasteiger partial charge in [0.1, 0.15) is 12.9 Å². The van der Waals surface area contributed by atoms with E-state index in [2.05, 4.69) is 28.4 Å². The maximum atomic E-state index is 12.7. The third kappa shape index (κ3) is 4.05. The van der Waals surface area contributed by atoms with Crippen molar-refractivity contribution in [3.63, 3.8) is 0 Å². The van der Waals surface area contributed by atoms with Gasteiger partial charge in [-0.25, -0.2) is 4.98 Å². The molecule has 0 saturated heterocycles. The fourth-order valence-corrected chi connectivity index (χ4v) is 7.76. The smallest absolute Gasteiger partial charge is 0.226 e. The Bertz CT molecular complexity index is 1080. The molecule has 1 heterocycles. The molecular formula is C26H33N3O3S. The first kappa shape index (κ1) is 22.4. The SMILES string of the molecule is CO/N=C1\CC(CCC(=O)Nc2ncc(C)s2)C2C3CCc4cc(O)ccc4C3CCC12C. The highest BCUT2D eigenvalue weighted by molar-refractivity contribution is 7.15. The number of aromatic hydroxyl groups is 1. The predicted octanol–water partition coefficient (Wildman–Crippen LogP) is 5.66. The molecule has 1 aromatic heterocycles. The number of amides is 1. The van der Waals surface area contributed by atoms with Gasteiger partial charge in [0.05, 0.1) is 5.71 Å². The Hall–Kier alpha value is -2.41. The van der Waals surface area contributed by atoms with Crippen molar-refractivity contribution < 1.29 is 14.7 Å². The third-order valence-electron chi connectivity index (χ3n) is 8.40. The lowest BCUT2D eigenvalue weighted by atomic mass is 9.54. The van der Waals surface area contributed by atoms with Gasteiger partial charge in [-0.3, -0.25) is 4.79 Å². The van der Waals surface area contributed by atoms with Crippen molar-refractivity contribution in [2.24, 2.45) is 28.3 Å². The first-order valence-electron chi connectivity index (χ1n) is 12.0. The number of hydrogen-bond donors (Lipinski definition) is 2. The molecule has 2 N–H and O–H groups in total. The highest BCUT2D eigenvalue weighted by atomic mass is 32.1. The largest absolute Gasteiger partial charge is 0.508 e. The highest BCUT2D eigenvalue weighted by Gasteiger charge is 2.57. The summed E-state index contributed by atoms with van der Waals surface area (Å²) in [6, 6.07) is 5.93. The predicted molar refractivity (Wildman–Crippen MR) is 131 cm³/mol. The molecule has 2 aromatic rings. The fraction of sp³-hybridized carbons (Fsp3) is 0.577. The summed E-state index contributed by atoms with van der Waals surface area (Å²) in [6.07, 6.45) is 8.40. The Morgan fingerprint density at radius 1 is 1.39 bits per heavy atom. The van der Waals surface area contributed by atoms with E-state index in [1.54, 1.807) is 13.3 Å². The molecule has 2 saturated carbocycles. The Morgan fingerprint density at radius 2 is 2.24 bits per heavy atom. The molecule has 5 atom stereocenters. The molecule has 6 nitrogen and oxygen atoms in total. The summed E-state index contributed by atoms with van der Waals surface area (Å²) in [7, 11) is 1.64. The van der Waals surface area contributed by atoms with Crippen LogP contribution in [0.3, 0.4) is 0 Å². The molecule has 1 aromatic carbocycles. The summed E-state index contributed by atoms with van der Waals surface area (Å²) >= 11 is 1.51. The van der Waals surface area contributed by atoms with E-state index in [0.29, 0.717) is 41.0 Å². The van der Waals surface area contributed by atoms with Gasteiger partial charge in [-0.1, -0.05) is 18.1 Å². The standard InChI is InChI=1S/C26H33N3O3S/c1-15-14-27-25(33-15)28-23(31)9-5-17-13-22(29-32-3)26(2)11-10-20-19-8-6-18(30)12-16(19)4-7-21(20)24(17)26/h6,8,12,14,17,20-21,24,30H,4-5,7,9-11,13H2,1-3H3,(H,27,28,31)/b29-22+. The molecular weight excluding hydrogens is 434 g/mol. The number of anilines is 1. The van der Waals surface area contributed by atoms with Gasteiger partial charge in [0.2, 0.25) is 5.91 Å². The van der Waals surface area contributed by atoms with Gasteiger partial charge >= 0.3 is 0 Å². The number of phenols is 1. The number of carbonyl (C=O) groups excluding carboxylic acids is 1. The van der Waals surface area contributed by atoms with E-state index < -0.39 is 0 Å². The second-order valence-electron chi connectivity index (χ2n) is 10.2. The zero-order valence-electron chi connectivity index (χ0n) is 19.6. The lowest BCUT2D eigenvalue weighted by Gasteiger charge is -2.50. The number of thiazole rings is 1. The average molecular weight is 468 g/mol. The van der Waals surface area contributed by atoms with Crippen LogP contribution in [0.25, 0.3) is 0 Å². The number of nitrogens with one attached hydrogen (secondary N) is 1.